The Bertz CT molecular complexity index is 1140. The second-order valence-corrected chi connectivity index (χ2v) is 9.48. The first kappa shape index (κ1) is 33.9. The van der Waals surface area contributed by atoms with Crippen LogP contribution in [0.2, 0.25) is 0 Å². The van der Waals surface area contributed by atoms with E-state index in [2.05, 4.69) is 30.8 Å². The van der Waals surface area contributed by atoms with Crippen LogP contribution in [0.4, 0.5) is 27.5 Å². The van der Waals surface area contributed by atoms with Crippen LogP contribution < -0.4 is 25.8 Å². The predicted octanol–water partition coefficient (Wildman–Crippen LogP) is 5.43. The van der Waals surface area contributed by atoms with E-state index in [9.17, 15) is 14.0 Å². The molecule has 1 atom stereocenters. The number of hydrogen-bond donors (Lipinski definition) is 3. The van der Waals surface area contributed by atoms with Crippen LogP contribution in [0.1, 0.15) is 80.2 Å². The Labute approximate surface area is 245 Å². The highest BCUT2D eigenvalue weighted by atomic mass is 19.1. The van der Waals surface area contributed by atoms with E-state index >= 15 is 0 Å². The summed E-state index contributed by atoms with van der Waals surface area (Å²) in [6, 6.07) is 5.01. The van der Waals surface area contributed by atoms with Crippen molar-refractivity contribution in [2.45, 2.75) is 87.1 Å². The maximum Gasteiger partial charge on any atom is 0.244 e. The Hall–Kier alpha value is -3.27. The number of aromatic nitrogens is 2. The molecular formula is C31H50FN7O2. The van der Waals surface area contributed by atoms with Gasteiger partial charge in [-0.15, -0.1) is 0 Å². The van der Waals surface area contributed by atoms with E-state index in [-0.39, 0.29) is 35.9 Å². The average Bonchev–Trinajstić information content (AvgIpc) is 3.40. The first-order chi connectivity index (χ1) is 20.0. The molecule has 41 heavy (non-hydrogen) atoms. The number of hydrogen-bond acceptors (Lipinski definition) is 7. The van der Waals surface area contributed by atoms with E-state index < -0.39 is 11.2 Å². The van der Waals surface area contributed by atoms with E-state index in [0.717, 1.165) is 50.3 Å². The summed E-state index contributed by atoms with van der Waals surface area (Å²) >= 11 is 0. The van der Waals surface area contributed by atoms with Crippen LogP contribution in [0.5, 0.6) is 0 Å². The van der Waals surface area contributed by atoms with Gasteiger partial charge in [0.25, 0.3) is 0 Å². The number of piperazine rings is 1. The summed E-state index contributed by atoms with van der Waals surface area (Å²) in [4.78, 5) is 39.3. The zero-order valence-corrected chi connectivity index (χ0v) is 26.2. The molecular weight excluding hydrogens is 521 g/mol. The van der Waals surface area contributed by atoms with Gasteiger partial charge in [-0.1, -0.05) is 55.4 Å². The van der Waals surface area contributed by atoms with Crippen LogP contribution in [-0.2, 0) is 16.0 Å². The normalized spacial score (nSPS) is 19.3. The standard InChI is InChI=1S/C25H32FN7O2.3C2H6/c1-3-17(4-2)33-21-16(14-25(23(33)35)7-8-28-22(25)34)15-29-24(31-21)30-20-6-5-18(13-19(20)26)32-11-9-27-10-12-32;3*1-2/h5-6,13,15,17,27H,3-4,7-12,14H2,1-2H3,(H,28,34)(H,29,30,31);3*1-2H3. The molecule has 3 aliphatic rings. The summed E-state index contributed by atoms with van der Waals surface area (Å²) in [6.07, 6.45) is 3.86. The van der Waals surface area contributed by atoms with Crippen LogP contribution in [0.25, 0.3) is 0 Å². The molecule has 0 saturated carbocycles. The Kier molecular flexibility index (Phi) is 13.4. The molecule has 2 saturated heterocycles. The molecule has 1 spiro atoms. The quantitative estimate of drug-likeness (QED) is 0.397. The van der Waals surface area contributed by atoms with Crippen LogP contribution in [0.15, 0.2) is 24.4 Å². The zero-order chi connectivity index (χ0) is 30.6. The summed E-state index contributed by atoms with van der Waals surface area (Å²) in [5, 5.41) is 9.11. The smallest absolute Gasteiger partial charge is 0.244 e. The Balaban J connectivity index is 0.000000921. The van der Waals surface area contributed by atoms with Gasteiger partial charge in [-0.05, 0) is 37.5 Å². The highest BCUT2D eigenvalue weighted by Gasteiger charge is 2.55. The Morgan fingerprint density at radius 1 is 1.02 bits per heavy atom. The van der Waals surface area contributed by atoms with Gasteiger partial charge in [0.1, 0.15) is 17.1 Å². The molecule has 3 aliphatic heterocycles. The first-order valence-electron chi connectivity index (χ1n) is 15.5. The van der Waals surface area contributed by atoms with E-state index in [0.29, 0.717) is 18.8 Å². The van der Waals surface area contributed by atoms with Crippen LogP contribution in [-0.4, -0.2) is 60.5 Å². The molecule has 9 nitrogen and oxygen atoms in total. The SMILES string of the molecule is CC.CC.CC.CCC(CC)N1C(=O)C2(CCNC2=O)Cc2cnc(Nc3ccc(N4CCNCC4)cc3F)nc21. The molecule has 228 valence electrons. The van der Waals surface area contributed by atoms with Crippen molar-refractivity contribution in [2.75, 3.05) is 47.8 Å². The number of benzene rings is 1. The minimum Gasteiger partial charge on any atom is -0.369 e. The molecule has 5 rings (SSSR count). The van der Waals surface area contributed by atoms with Gasteiger partial charge in [0, 0.05) is 62.6 Å². The monoisotopic (exact) mass is 571 g/mol. The van der Waals surface area contributed by atoms with Crippen LogP contribution in [0.3, 0.4) is 0 Å². The van der Waals surface area contributed by atoms with E-state index in [1.165, 1.54) is 6.07 Å². The first-order valence-corrected chi connectivity index (χ1v) is 15.5. The van der Waals surface area contributed by atoms with Gasteiger partial charge in [0.05, 0.1) is 5.69 Å². The van der Waals surface area contributed by atoms with Crippen molar-refractivity contribution in [1.82, 2.24) is 20.6 Å². The maximum atomic E-state index is 15.0. The maximum absolute atomic E-state index is 15.0. The van der Waals surface area contributed by atoms with Crippen LogP contribution >= 0.6 is 0 Å². The third-order valence-corrected chi connectivity index (χ3v) is 7.45. The molecule has 2 aromatic rings. The molecule has 10 heteroatoms. The van der Waals surface area contributed by atoms with Crippen molar-refractivity contribution >= 4 is 35.0 Å². The van der Waals surface area contributed by atoms with Crippen molar-refractivity contribution in [2.24, 2.45) is 5.41 Å². The zero-order valence-electron chi connectivity index (χ0n) is 26.2. The van der Waals surface area contributed by atoms with Crippen LogP contribution in [0, 0.1) is 11.2 Å². The number of anilines is 4. The summed E-state index contributed by atoms with van der Waals surface area (Å²) in [6.45, 7) is 19.9. The van der Waals surface area contributed by atoms with Crippen molar-refractivity contribution in [3.63, 3.8) is 0 Å². The second kappa shape index (κ2) is 16.2. The van der Waals surface area contributed by atoms with Gasteiger partial charge in [-0.3, -0.25) is 14.5 Å². The molecule has 0 bridgehead atoms. The lowest BCUT2D eigenvalue weighted by Crippen LogP contribution is -2.56. The molecule has 1 aromatic carbocycles. The lowest BCUT2D eigenvalue weighted by molar-refractivity contribution is -0.140. The number of rotatable bonds is 6. The fourth-order valence-electron chi connectivity index (χ4n) is 5.40. The minimum atomic E-state index is -1.10. The molecule has 0 aliphatic carbocycles. The molecule has 1 aromatic heterocycles. The molecule has 0 radical (unpaired) electrons. The molecule has 2 amide bonds. The highest BCUT2D eigenvalue weighted by Crippen LogP contribution is 2.43. The Morgan fingerprint density at radius 3 is 2.24 bits per heavy atom. The summed E-state index contributed by atoms with van der Waals surface area (Å²) in [5.41, 5.74) is 0.770. The number of halogens is 1. The molecule has 3 N–H and O–H groups in total. The lowest BCUT2D eigenvalue weighted by Gasteiger charge is -2.41. The summed E-state index contributed by atoms with van der Waals surface area (Å²) in [7, 11) is 0. The fraction of sp³-hybridized carbons (Fsp3) is 0.613. The lowest BCUT2D eigenvalue weighted by atomic mass is 9.76. The Morgan fingerprint density at radius 2 is 1.68 bits per heavy atom. The predicted molar refractivity (Wildman–Crippen MR) is 166 cm³/mol. The fourth-order valence-corrected chi connectivity index (χ4v) is 5.40. The third kappa shape index (κ3) is 7.15. The number of nitrogens with zero attached hydrogens (tertiary/aromatic N) is 4. The third-order valence-electron chi connectivity index (χ3n) is 7.45. The van der Waals surface area contributed by atoms with Gasteiger partial charge in [-0.25, -0.2) is 9.37 Å². The van der Waals surface area contributed by atoms with E-state index in [1.54, 1.807) is 17.2 Å². The molecule has 2 fully saturated rings. The van der Waals surface area contributed by atoms with E-state index in [4.69, 9.17) is 0 Å². The van der Waals surface area contributed by atoms with Gasteiger partial charge in [0.15, 0.2) is 0 Å². The van der Waals surface area contributed by atoms with Crippen molar-refractivity contribution < 1.29 is 14.0 Å². The second-order valence-electron chi connectivity index (χ2n) is 9.48. The number of amides is 2. The average molecular weight is 572 g/mol. The number of carbonyl (C=O) groups excluding carboxylic acids is 2. The van der Waals surface area contributed by atoms with Gasteiger partial charge >= 0.3 is 0 Å². The molecule has 1 unspecified atom stereocenters. The summed E-state index contributed by atoms with van der Waals surface area (Å²) in [5.74, 6) is -0.0998. The minimum absolute atomic E-state index is 0.0929. The molecule has 4 heterocycles. The van der Waals surface area contributed by atoms with Crippen molar-refractivity contribution in [3.05, 3.63) is 35.8 Å². The number of carbonyl (C=O) groups is 2. The van der Waals surface area contributed by atoms with E-state index in [1.807, 2.05) is 61.5 Å². The number of nitrogens with one attached hydrogen (secondary N) is 3. The highest BCUT2D eigenvalue weighted by molar-refractivity contribution is 6.14. The van der Waals surface area contributed by atoms with Crippen molar-refractivity contribution in [1.29, 1.82) is 0 Å². The topological polar surface area (TPSA) is 102 Å². The largest absolute Gasteiger partial charge is 0.369 e. The van der Waals surface area contributed by atoms with Gasteiger partial charge < -0.3 is 20.9 Å². The van der Waals surface area contributed by atoms with Gasteiger partial charge in [0.2, 0.25) is 17.8 Å². The van der Waals surface area contributed by atoms with Gasteiger partial charge in [-0.2, -0.15) is 4.98 Å². The van der Waals surface area contributed by atoms with Crippen molar-refractivity contribution in [3.8, 4) is 0 Å². The summed E-state index contributed by atoms with van der Waals surface area (Å²) < 4.78 is 15.0. The number of fused-ring (bicyclic) bond motifs is 1.